The van der Waals surface area contributed by atoms with E-state index >= 15 is 0 Å². The van der Waals surface area contributed by atoms with E-state index in [1.165, 1.54) is 6.08 Å². The van der Waals surface area contributed by atoms with Crippen molar-refractivity contribution in [2.75, 3.05) is 20.2 Å². The molecular weight excluding hydrogens is 264 g/mol. The van der Waals surface area contributed by atoms with E-state index in [4.69, 9.17) is 22.1 Å². The molecule has 1 aliphatic heterocycles. The number of nitrogens with two attached hydrogens (primary N) is 1. The second kappa shape index (κ2) is 6.08. The van der Waals surface area contributed by atoms with E-state index in [-0.39, 0.29) is 11.9 Å². The van der Waals surface area contributed by atoms with Crippen LogP contribution in [0.5, 0.6) is 5.75 Å². The Morgan fingerprint density at radius 2 is 2.37 bits per heavy atom. The number of methoxy groups -OCH3 is 1. The van der Waals surface area contributed by atoms with Crippen LogP contribution in [0.15, 0.2) is 24.3 Å². The summed E-state index contributed by atoms with van der Waals surface area (Å²) in [5, 5.41) is 0.607. The van der Waals surface area contributed by atoms with Gasteiger partial charge in [-0.3, -0.25) is 4.79 Å². The molecule has 1 atom stereocenters. The maximum atomic E-state index is 12.0. The summed E-state index contributed by atoms with van der Waals surface area (Å²) in [6.07, 6.45) is 4.11. The minimum atomic E-state index is -0.0324. The predicted molar refractivity (Wildman–Crippen MR) is 76.2 cm³/mol. The van der Waals surface area contributed by atoms with Gasteiger partial charge in [0, 0.05) is 35.8 Å². The van der Waals surface area contributed by atoms with Gasteiger partial charge in [0.1, 0.15) is 5.75 Å². The molecule has 2 N–H and O–H groups in total. The van der Waals surface area contributed by atoms with E-state index in [0.29, 0.717) is 17.3 Å². The summed E-state index contributed by atoms with van der Waals surface area (Å²) in [7, 11) is 1.59. The number of likely N-dealkylation sites (tertiary alicyclic amines) is 1. The SMILES string of the molecule is COc1ccc(Cl)cc1C=CC(=O)N1CC[C@H](N)C1. The molecule has 2 rings (SSSR count). The largest absolute Gasteiger partial charge is 0.496 e. The molecule has 1 fully saturated rings. The number of hydrogen-bond acceptors (Lipinski definition) is 3. The number of rotatable bonds is 3. The van der Waals surface area contributed by atoms with Gasteiger partial charge in [0.05, 0.1) is 7.11 Å². The Morgan fingerprint density at radius 3 is 3.00 bits per heavy atom. The van der Waals surface area contributed by atoms with Crippen LogP contribution >= 0.6 is 11.6 Å². The summed E-state index contributed by atoms with van der Waals surface area (Å²) in [5.41, 5.74) is 6.56. The van der Waals surface area contributed by atoms with Crippen molar-refractivity contribution in [3.8, 4) is 5.75 Å². The Bertz CT molecular complexity index is 502. The molecule has 1 aliphatic rings. The number of nitrogens with zero attached hydrogens (tertiary/aromatic N) is 1. The predicted octanol–water partition coefficient (Wildman–Crippen LogP) is 1.92. The van der Waals surface area contributed by atoms with Gasteiger partial charge in [0.15, 0.2) is 0 Å². The molecule has 4 nitrogen and oxygen atoms in total. The minimum absolute atomic E-state index is 0.0324. The van der Waals surface area contributed by atoms with Crippen molar-refractivity contribution in [2.45, 2.75) is 12.5 Å². The minimum Gasteiger partial charge on any atom is -0.496 e. The smallest absolute Gasteiger partial charge is 0.246 e. The van der Waals surface area contributed by atoms with Crippen molar-refractivity contribution in [3.05, 3.63) is 34.9 Å². The third-order valence-corrected chi connectivity index (χ3v) is 3.37. The normalized spacial score (nSPS) is 19.1. The second-order valence-electron chi connectivity index (χ2n) is 4.55. The van der Waals surface area contributed by atoms with Crippen LogP contribution in [0.2, 0.25) is 5.02 Å². The quantitative estimate of drug-likeness (QED) is 0.861. The standard InChI is InChI=1S/C14H17ClN2O2/c1-19-13-4-3-11(15)8-10(13)2-5-14(18)17-7-6-12(16)9-17/h2-5,8,12H,6-7,9,16H2,1H3/t12-/m0/s1. The van der Waals surface area contributed by atoms with Gasteiger partial charge in [-0.1, -0.05) is 11.6 Å². The molecule has 19 heavy (non-hydrogen) atoms. The van der Waals surface area contributed by atoms with E-state index in [1.54, 1.807) is 36.3 Å². The Balaban J connectivity index is 2.09. The van der Waals surface area contributed by atoms with Gasteiger partial charge in [-0.25, -0.2) is 0 Å². The fourth-order valence-electron chi connectivity index (χ4n) is 2.09. The topological polar surface area (TPSA) is 55.6 Å². The molecular formula is C14H17ClN2O2. The average molecular weight is 281 g/mol. The molecule has 102 valence electrons. The first-order valence-electron chi connectivity index (χ1n) is 6.16. The highest BCUT2D eigenvalue weighted by Gasteiger charge is 2.21. The van der Waals surface area contributed by atoms with Crippen LogP contribution in [0.4, 0.5) is 0 Å². The van der Waals surface area contributed by atoms with Gasteiger partial charge in [-0.05, 0) is 30.7 Å². The molecule has 0 aliphatic carbocycles. The van der Waals surface area contributed by atoms with Gasteiger partial charge >= 0.3 is 0 Å². The van der Waals surface area contributed by atoms with E-state index in [1.807, 2.05) is 0 Å². The molecule has 0 saturated carbocycles. The third kappa shape index (κ3) is 3.49. The molecule has 5 heteroatoms. The number of hydrogen-bond donors (Lipinski definition) is 1. The molecule has 1 saturated heterocycles. The van der Waals surface area contributed by atoms with Crippen LogP contribution < -0.4 is 10.5 Å². The fraction of sp³-hybridized carbons (Fsp3) is 0.357. The number of halogens is 1. The van der Waals surface area contributed by atoms with Crippen molar-refractivity contribution in [3.63, 3.8) is 0 Å². The number of amides is 1. The summed E-state index contributed by atoms with van der Waals surface area (Å²) in [5.74, 6) is 0.654. The van der Waals surface area contributed by atoms with Crippen molar-refractivity contribution in [1.82, 2.24) is 4.90 Å². The highest BCUT2D eigenvalue weighted by Crippen LogP contribution is 2.24. The van der Waals surface area contributed by atoms with Gasteiger partial charge in [0.25, 0.3) is 0 Å². The lowest BCUT2D eigenvalue weighted by Crippen LogP contribution is -2.30. The fourth-order valence-corrected chi connectivity index (χ4v) is 2.27. The Morgan fingerprint density at radius 1 is 1.58 bits per heavy atom. The van der Waals surface area contributed by atoms with Crippen LogP contribution in [0, 0.1) is 0 Å². The molecule has 0 aromatic heterocycles. The van der Waals surface area contributed by atoms with Gasteiger partial charge < -0.3 is 15.4 Å². The monoisotopic (exact) mass is 280 g/mol. The van der Waals surface area contributed by atoms with E-state index in [2.05, 4.69) is 0 Å². The van der Waals surface area contributed by atoms with Crippen LogP contribution in [0.3, 0.4) is 0 Å². The lowest BCUT2D eigenvalue weighted by atomic mass is 10.2. The zero-order valence-electron chi connectivity index (χ0n) is 10.8. The number of carbonyl (C=O) groups excluding carboxylic acids is 1. The third-order valence-electron chi connectivity index (χ3n) is 3.13. The highest BCUT2D eigenvalue weighted by molar-refractivity contribution is 6.30. The Kier molecular flexibility index (Phi) is 4.45. The maximum absolute atomic E-state index is 12.0. The summed E-state index contributed by atoms with van der Waals surface area (Å²) in [4.78, 5) is 13.7. The van der Waals surface area contributed by atoms with E-state index < -0.39 is 0 Å². The van der Waals surface area contributed by atoms with Gasteiger partial charge in [-0.15, -0.1) is 0 Å². The average Bonchev–Trinajstić information content (AvgIpc) is 2.83. The summed E-state index contributed by atoms with van der Waals surface area (Å²) >= 11 is 5.93. The molecule has 0 unspecified atom stereocenters. The Hall–Kier alpha value is -1.52. The zero-order chi connectivity index (χ0) is 13.8. The molecule has 1 amide bonds. The summed E-state index contributed by atoms with van der Waals surface area (Å²) in [6.45, 7) is 1.34. The number of ether oxygens (including phenoxy) is 1. The van der Waals surface area contributed by atoms with E-state index in [0.717, 1.165) is 18.5 Å². The highest BCUT2D eigenvalue weighted by atomic mass is 35.5. The second-order valence-corrected chi connectivity index (χ2v) is 4.99. The molecule has 1 heterocycles. The number of carbonyl (C=O) groups is 1. The first-order chi connectivity index (χ1) is 9.10. The van der Waals surface area contributed by atoms with Crippen LogP contribution in [0.1, 0.15) is 12.0 Å². The molecule has 1 aromatic carbocycles. The van der Waals surface area contributed by atoms with E-state index in [9.17, 15) is 4.79 Å². The first kappa shape index (κ1) is 13.9. The van der Waals surface area contributed by atoms with Crippen molar-refractivity contribution < 1.29 is 9.53 Å². The van der Waals surface area contributed by atoms with Gasteiger partial charge in [0.2, 0.25) is 5.91 Å². The van der Waals surface area contributed by atoms with Crippen molar-refractivity contribution in [2.24, 2.45) is 5.73 Å². The summed E-state index contributed by atoms with van der Waals surface area (Å²) in [6, 6.07) is 5.38. The molecule has 1 aromatic rings. The van der Waals surface area contributed by atoms with Gasteiger partial charge in [-0.2, -0.15) is 0 Å². The molecule has 0 bridgehead atoms. The van der Waals surface area contributed by atoms with Crippen LogP contribution in [-0.2, 0) is 4.79 Å². The lowest BCUT2D eigenvalue weighted by molar-refractivity contribution is -0.124. The zero-order valence-corrected chi connectivity index (χ0v) is 11.6. The first-order valence-corrected chi connectivity index (χ1v) is 6.54. The maximum Gasteiger partial charge on any atom is 0.246 e. The molecule has 0 spiro atoms. The lowest BCUT2D eigenvalue weighted by Gasteiger charge is -2.12. The van der Waals surface area contributed by atoms with Crippen molar-refractivity contribution >= 4 is 23.6 Å². The summed E-state index contributed by atoms with van der Waals surface area (Å²) < 4.78 is 5.22. The van der Waals surface area contributed by atoms with Crippen LogP contribution in [-0.4, -0.2) is 37.0 Å². The molecule has 0 radical (unpaired) electrons. The van der Waals surface area contributed by atoms with Crippen LogP contribution in [0.25, 0.3) is 6.08 Å². The number of benzene rings is 1. The van der Waals surface area contributed by atoms with Crippen molar-refractivity contribution in [1.29, 1.82) is 0 Å². The Labute approximate surface area is 117 Å².